The number of amides is 3. The van der Waals surface area contributed by atoms with Crippen LogP contribution in [0, 0.1) is 11.8 Å². The molecule has 0 bridgehead atoms. The smallest absolute Gasteiger partial charge is 0.407 e. The Morgan fingerprint density at radius 2 is 1.46 bits per heavy atom. The number of carbonyl (C=O) groups is 3. The molecule has 3 aromatic rings. The highest BCUT2D eigenvalue weighted by atomic mass is 32.1. The molecule has 2 aromatic carbocycles. The van der Waals surface area contributed by atoms with E-state index in [4.69, 9.17) is 4.74 Å². The Kier molecular flexibility index (Phi) is 14.7. The Morgan fingerprint density at radius 3 is 2.00 bits per heavy atom. The highest BCUT2D eigenvalue weighted by Gasteiger charge is 2.28. The van der Waals surface area contributed by atoms with Gasteiger partial charge in [-0.25, -0.2) is 14.6 Å². The molecule has 1 heterocycles. The van der Waals surface area contributed by atoms with Crippen molar-refractivity contribution < 1.29 is 19.1 Å². The minimum Gasteiger partial charge on any atom is -0.447 e. The molecular formula is C37H52N4O4S. The van der Waals surface area contributed by atoms with E-state index in [0.717, 1.165) is 34.7 Å². The number of hydrogen-bond acceptors (Lipinski definition) is 6. The van der Waals surface area contributed by atoms with Crippen molar-refractivity contribution in [3.05, 3.63) is 87.9 Å². The van der Waals surface area contributed by atoms with Gasteiger partial charge < -0.3 is 20.3 Å². The summed E-state index contributed by atoms with van der Waals surface area (Å²) in [5, 5.41) is 9.11. The topological polar surface area (TPSA) is 101 Å². The molecule has 0 unspecified atom stereocenters. The Morgan fingerprint density at radius 1 is 0.848 bits per heavy atom. The number of aromatic nitrogens is 1. The van der Waals surface area contributed by atoms with Gasteiger partial charge in [0.15, 0.2) is 5.78 Å². The van der Waals surface area contributed by atoms with Gasteiger partial charge >= 0.3 is 12.1 Å². The third-order valence-electron chi connectivity index (χ3n) is 7.87. The molecule has 0 saturated heterocycles. The summed E-state index contributed by atoms with van der Waals surface area (Å²) in [7, 11) is 1.73. The molecule has 0 fully saturated rings. The van der Waals surface area contributed by atoms with Crippen LogP contribution < -0.4 is 10.6 Å². The molecule has 3 rings (SSSR count). The maximum absolute atomic E-state index is 13.9. The molecule has 3 atom stereocenters. The van der Waals surface area contributed by atoms with Crippen molar-refractivity contribution in [2.45, 2.75) is 104 Å². The van der Waals surface area contributed by atoms with Gasteiger partial charge in [-0.05, 0) is 62.5 Å². The normalized spacial score (nSPS) is 13.3. The lowest BCUT2D eigenvalue weighted by Gasteiger charge is -2.27. The second-order valence-electron chi connectivity index (χ2n) is 13.1. The van der Waals surface area contributed by atoms with Gasteiger partial charge in [-0.1, -0.05) is 88.4 Å². The van der Waals surface area contributed by atoms with Crippen molar-refractivity contribution in [2.75, 3.05) is 7.05 Å². The number of thiazole rings is 1. The number of nitrogens with one attached hydrogen (secondary N) is 2. The molecule has 8 nitrogen and oxygen atoms in total. The summed E-state index contributed by atoms with van der Waals surface area (Å²) < 4.78 is 5.40. The number of benzene rings is 2. The molecule has 0 radical (unpaired) electrons. The van der Waals surface area contributed by atoms with Crippen LogP contribution in [-0.4, -0.2) is 53.0 Å². The number of urea groups is 1. The number of alkyl carbamates (subject to hydrolysis) is 1. The maximum atomic E-state index is 13.9. The average molecular weight is 649 g/mol. The van der Waals surface area contributed by atoms with Gasteiger partial charge in [-0.3, -0.25) is 4.79 Å². The molecule has 1 aromatic heterocycles. The highest BCUT2D eigenvalue weighted by molar-refractivity contribution is 7.09. The first-order valence-corrected chi connectivity index (χ1v) is 17.3. The van der Waals surface area contributed by atoms with Crippen LogP contribution in [-0.2, 0) is 28.9 Å². The number of rotatable bonds is 17. The third kappa shape index (κ3) is 12.6. The summed E-state index contributed by atoms with van der Waals surface area (Å²) in [5.41, 5.74) is 3.12. The zero-order chi connectivity index (χ0) is 33.6. The molecule has 250 valence electrons. The second-order valence-corrected chi connectivity index (χ2v) is 14.0. The van der Waals surface area contributed by atoms with Crippen molar-refractivity contribution in [3.8, 4) is 0 Å². The number of hydrogen-bond donors (Lipinski definition) is 2. The van der Waals surface area contributed by atoms with Crippen LogP contribution in [0.25, 0.3) is 0 Å². The quantitative estimate of drug-likeness (QED) is 0.156. The number of nitrogens with zero attached hydrogens (tertiary/aromatic N) is 2. The minimum absolute atomic E-state index is 0.0141. The zero-order valence-corrected chi connectivity index (χ0v) is 29.3. The molecule has 0 spiro atoms. The molecular weight excluding hydrogens is 596 g/mol. The van der Waals surface area contributed by atoms with Crippen molar-refractivity contribution in [2.24, 2.45) is 11.8 Å². The Bertz CT molecular complexity index is 1360. The van der Waals surface area contributed by atoms with E-state index in [9.17, 15) is 14.4 Å². The van der Waals surface area contributed by atoms with Gasteiger partial charge in [0.25, 0.3) is 0 Å². The van der Waals surface area contributed by atoms with Crippen LogP contribution in [0.1, 0.15) is 88.6 Å². The van der Waals surface area contributed by atoms with Crippen molar-refractivity contribution in [1.82, 2.24) is 20.5 Å². The maximum Gasteiger partial charge on any atom is 0.407 e. The lowest BCUT2D eigenvalue weighted by molar-refractivity contribution is -0.122. The summed E-state index contributed by atoms with van der Waals surface area (Å²) in [6.45, 7) is 12.2. The first-order chi connectivity index (χ1) is 21.9. The average Bonchev–Trinajstić information content (AvgIpc) is 3.47. The van der Waals surface area contributed by atoms with Crippen molar-refractivity contribution >= 4 is 29.2 Å². The predicted molar refractivity (Wildman–Crippen MR) is 186 cm³/mol. The summed E-state index contributed by atoms with van der Waals surface area (Å²) in [6, 6.07) is 19.2. The van der Waals surface area contributed by atoms with E-state index in [2.05, 4.69) is 53.7 Å². The molecule has 9 heteroatoms. The van der Waals surface area contributed by atoms with Crippen LogP contribution >= 0.6 is 11.3 Å². The highest BCUT2D eigenvalue weighted by Crippen LogP contribution is 2.23. The fraction of sp³-hybridized carbons (Fsp3) is 0.514. The second kappa shape index (κ2) is 18.4. The van der Waals surface area contributed by atoms with Gasteiger partial charge in [0.05, 0.1) is 29.4 Å². The van der Waals surface area contributed by atoms with Crippen LogP contribution in [0.15, 0.2) is 66.0 Å². The van der Waals surface area contributed by atoms with Crippen LogP contribution in [0.5, 0.6) is 0 Å². The van der Waals surface area contributed by atoms with Crippen molar-refractivity contribution in [1.29, 1.82) is 0 Å². The van der Waals surface area contributed by atoms with Gasteiger partial charge in [-0.15, -0.1) is 11.3 Å². The van der Waals surface area contributed by atoms with Crippen LogP contribution in [0.4, 0.5) is 9.59 Å². The zero-order valence-electron chi connectivity index (χ0n) is 28.5. The van der Waals surface area contributed by atoms with E-state index in [1.165, 1.54) is 0 Å². The monoisotopic (exact) mass is 648 g/mol. The summed E-state index contributed by atoms with van der Waals surface area (Å²) in [6.07, 6.45) is 2.45. The molecule has 0 aliphatic rings. The minimum atomic E-state index is -0.617. The standard InChI is InChI=1S/C37H52N4O4S/c1-25(2)34(40-36(43)41(7)23-32-24-46-35(38-32)26(3)4)33(42)22-30(20-28-14-10-8-11-15-28)18-19-31(39-37(44)45-27(5)6)21-29-16-12-9-13-17-29/h8-17,24-27,30-31,34H,18-23H2,1-7H3,(H,39,44)(H,40,43)/t30-,31-,34+/m1/s1. The number of ether oxygens (including phenoxy) is 1. The third-order valence-corrected chi connectivity index (χ3v) is 9.07. The van der Waals surface area contributed by atoms with Gasteiger partial charge in [0, 0.05) is 30.8 Å². The lowest BCUT2D eigenvalue weighted by atomic mass is 9.85. The van der Waals surface area contributed by atoms with E-state index in [-0.39, 0.29) is 35.8 Å². The SMILES string of the molecule is CC(C)OC(=O)N[C@H](CC[C@@H](CC(=O)[C@@H](NC(=O)N(C)Cc1csc(C(C)C)n1)C(C)C)Cc1ccccc1)Cc1ccccc1. The number of Topliss-reactive ketones (excluding diaryl/α,β-unsaturated/α-hetero) is 1. The van der Waals surface area contributed by atoms with E-state index < -0.39 is 12.1 Å². The number of carbonyl (C=O) groups excluding carboxylic acids is 3. The Hall–Kier alpha value is -3.72. The largest absolute Gasteiger partial charge is 0.447 e. The van der Waals surface area contributed by atoms with Crippen LogP contribution in [0.2, 0.25) is 0 Å². The first-order valence-electron chi connectivity index (χ1n) is 16.4. The van der Waals surface area contributed by atoms with E-state index in [0.29, 0.717) is 31.7 Å². The molecule has 0 saturated carbocycles. The fourth-order valence-corrected chi connectivity index (χ4v) is 6.27. The van der Waals surface area contributed by atoms with Crippen molar-refractivity contribution in [3.63, 3.8) is 0 Å². The fourth-order valence-electron chi connectivity index (χ4n) is 5.45. The summed E-state index contributed by atoms with van der Waals surface area (Å²) in [4.78, 5) is 46.0. The van der Waals surface area contributed by atoms with Gasteiger partial charge in [0.2, 0.25) is 0 Å². The Balaban J connectivity index is 1.71. The van der Waals surface area contributed by atoms with E-state index in [1.54, 1.807) is 23.3 Å². The molecule has 0 aliphatic carbocycles. The summed E-state index contributed by atoms with van der Waals surface area (Å²) >= 11 is 1.60. The first kappa shape index (κ1) is 36.7. The molecule has 0 aliphatic heterocycles. The molecule has 2 N–H and O–H groups in total. The number of ketones is 1. The van der Waals surface area contributed by atoms with Gasteiger partial charge in [-0.2, -0.15) is 0 Å². The molecule has 3 amide bonds. The molecule has 46 heavy (non-hydrogen) atoms. The lowest BCUT2D eigenvalue weighted by Crippen LogP contribution is -2.49. The predicted octanol–water partition coefficient (Wildman–Crippen LogP) is 7.78. The van der Waals surface area contributed by atoms with E-state index in [1.807, 2.05) is 69.5 Å². The van der Waals surface area contributed by atoms with Gasteiger partial charge in [0.1, 0.15) is 0 Å². The summed E-state index contributed by atoms with van der Waals surface area (Å²) in [5.74, 6) is 0.298. The van der Waals surface area contributed by atoms with Crippen LogP contribution in [0.3, 0.4) is 0 Å². The Labute approximate surface area is 279 Å². The van der Waals surface area contributed by atoms with E-state index >= 15 is 0 Å².